The SMILES string of the molecule is COc1cccc(N2C(=NC(=O)Cc3ccc(OC)c(OC)c3)S[C@H]3CS(=O)(=O)C[C@H]32)c1. The number of hydrogen-bond acceptors (Lipinski definition) is 7. The molecule has 8 nitrogen and oxygen atoms in total. The van der Waals surface area contributed by atoms with Gasteiger partial charge in [0.25, 0.3) is 5.91 Å². The van der Waals surface area contributed by atoms with Crippen LogP contribution in [0, 0.1) is 0 Å². The van der Waals surface area contributed by atoms with Gasteiger partial charge in [0.05, 0.1) is 45.3 Å². The minimum atomic E-state index is -3.14. The first-order valence-corrected chi connectivity index (χ1v) is 12.7. The first-order chi connectivity index (χ1) is 15.3. The Morgan fingerprint density at radius 3 is 2.56 bits per heavy atom. The molecule has 0 aromatic heterocycles. The second-order valence-corrected chi connectivity index (χ2v) is 10.9. The van der Waals surface area contributed by atoms with E-state index in [-0.39, 0.29) is 35.1 Å². The standard InChI is InChI=1S/C22H24N2O6S2/c1-28-16-6-4-5-15(11-16)24-17-12-32(26,27)13-20(17)31-22(24)23-21(25)10-14-7-8-18(29-2)19(9-14)30-3/h4-9,11,17,20H,10,12-13H2,1-3H3/t17-,20+/m1/s1. The number of carbonyl (C=O) groups excluding carboxylic acids is 1. The molecule has 0 radical (unpaired) electrons. The van der Waals surface area contributed by atoms with E-state index in [1.54, 1.807) is 32.4 Å². The number of amides is 1. The number of aliphatic imine (C=N–C) groups is 1. The lowest BCUT2D eigenvalue weighted by Gasteiger charge is -2.24. The summed E-state index contributed by atoms with van der Waals surface area (Å²) < 4.78 is 40.3. The van der Waals surface area contributed by atoms with Crippen molar-refractivity contribution < 1.29 is 27.4 Å². The van der Waals surface area contributed by atoms with Crippen LogP contribution in [0.3, 0.4) is 0 Å². The minimum Gasteiger partial charge on any atom is -0.497 e. The molecule has 10 heteroatoms. The van der Waals surface area contributed by atoms with Crippen LogP contribution < -0.4 is 19.1 Å². The van der Waals surface area contributed by atoms with Crippen molar-refractivity contribution in [1.82, 2.24) is 0 Å². The number of fused-ring (bicyclic) bond motifs is 1. The molecule has 2 heterocycles. The summed E-state index contributed by atoms with van der Waals surface area (Å²) in [7, 11) is 1.53. The molecule has 2 aliphatic rings. The average Bonchev–Trinajstić information content (AvgIpc) is 3.23. The molecule has 0 aliphatic carbocycles. The van der Waals surface area contributed by atoms with Crippen molar-refractivity contribution in [2.75, 3.05) is 37.7 Å². The lowest BCUT2D eigenvalue weighted by Crippen LogP contribution is -2.37. The number of ether oxygens (including phenoxy) is 3. The molecular weight excluding hydrogens is 452 g/mol. The van der Waals surface area contributed by atoms with Gasteiger partial charge >= 0.3 is 0 Å². The van der Waals surface area contributed by atoms with E-state index >= 15 is 0 Å². The second kappa shape index (κ2) is 9.03. The van der Waals surface area contributed by atoms with Crippen LogP contribution in [0.15, 0.2) is 47.5 Å². The highest BCUT2D eigenvalue weighted by Crippen LogP contribution is 2.41. The van der Waals surface area contributed by atoms with Gasteiger partial charge in [-0.05, 0) is 29.8 Å². The number of anilines is 1. The van der Waals surface area contributed by atoms with Crippen molar-refractivity contribution in [3.8, 4) is 17.2 Å². The normalized spacial score (nSPS) is 22.6. The molecule has 4 rings (SSSR count). The summed E-state index contributed by atoms with van der Waals surface area (Å²) in [6.07, 6.45) is 0.0873. The highest BCUT2D eigenvalue weighted by atomic mass is 32.2. The molecule has 1 amide bonds. The van der Waals surface area contributed by atoms with Crippen LogP contribution in [0.4, 0.5) is 5.69 Å². The smallest absolute Gasteiger partial charge is 0.252 e. The van der Waals surface area contributed by atoms with Gasteiger partial charge in [-0.15, -0.1) is 0 Å². The molecule has 170 valence electrons. The maximum absolute atomic E-state index is 12.8. The Bertz CT molecular complexity index is 1160. The topological polar surface area (TPSA) is 94.5 Å². The average molecular weight is 477 g/mol. The van der Waals surface area contributed by atoms with E-state index in [4.69, 9.17) is 14.2 Å². The quantitative estimate of drug-likeness (QED) is 0.628. The molecule has 2 saturated heterocycles. The predicted molar refractivity (Wildman–Crippen MR) is 125 cm³/mol. The van der Waals surface area contributed by atoms with E-state index < -0.39 is 9.84 Å². The Balaban J connectivity index is 1.62. The zero-order chi connectivity index (χ0) is 22.9. The molecular formula is C22H24N2O6S2. The van der Waals surface area contributed by atoms with E-state index in [0.29, 0.717) is 22.4 Å². The summed E-state index contributed by atoms with van der Waals surface area (Å²) in [4.78, 5) is 19.1. The van der Waals surface area contributed by atoms with E-state index in [0.717, 1.165) is 11.3 Å². The molecule has 0 saturated carbocycles. The molecule has 2 aliphatic heterocycles. The largest absolute Gasteiger partial charge is 0.497 e. The van der Waals surface area contributed by atoms with Crippen LogP contribution in [0.5, 0.6) is 17.2 Å². The van der Waals surface area contributed by atoms with Gasteiger partial charge < -0.3 is 19.1 Å². The molecule has 2 aromatic carbocycles. The molecule has 0 bridgehead atoms. The number of hydrogen-bond donors (Lipinski definition) is 0. The first-order valence-electron chi connectivity index (χ1n) is 9.96. The molecule has 32 heavy (non-hydrogen) atoms. The summed E-state index contributed by atoms with van der Waals surface area (Å²) in [5.74, 6) is 1.55. The van der Waals surface area contributed by atoms with E-state index in [1.165, 1.54) is 18.9 Å². The maximum atomic E-state index is 12.8. The minimum absolute atomic E-state index is 0.0325. The molecule has 0 unspecified atom stereocenters. The third-order valence-electron chi connectivity index (χ3n) is 5.42. The van der Waals surface area contributed by atoms with Crippen LogP contribution >= 0.6 is 11.8 Å². The third kappa shape index (κ3) is 4.56. The van der Waals surface area contributed by atoms with Crippen molar-refractivity contribution in [2.24, 2.45) is 4.99 Å². The third-order valence-corrected chi connectivity index (χ3v) is 8.63. The van der Waals surface area contributed by atoms with E-state index in [9.17, 15) is 13.2 Å². The van der Waals surface area contributed by atoms with Crippen LogP contribution in [-0.4, -0.2) is 63.6 Å². The van der Waals surface area contributed by atoms with Gasteiger partial charge in [0.15, 0.2) is 26.5 Å². The number of methoxy groups -OCH3 is 3. The van der Waals surface area contributed by atoms with Gasteiger partial charge in [0, 0.05) is 17.0 Å². The maximum Gasteiger partial charge on any atom is 0.252 e. The zero-order valence-corrected chi connectivity index (χ0v) is 19.6. The van der Waals surface area contributed by atoms with Crippen LogP contribution in [0.2, 0.25) is 0 Å². The fourth-order valence-electron chi connectivity index (χ4n) is 3.94. The lowest BCUT2D eigenvalue weighted by atomic mass is 10.1. The Morgan fingerprint density at radius 1 is 1.06 bits per heavy atom. The highest BCUT2D eigenvalue weighted by Gasteiger charge is 2.49. The number of thioether (sulfide) groups is 1. The number of rotatable bonds is 6. The van der Waals surface area contributed by atoms with Gasteiger partial charge in [-0.3, -0.25) is 4.79 Å². The van der Waals surface area contributed by atoms with Crippen LogP contribution in [0.25, 0.3) is 0 Å². The van der Waals surface area contributed by atoms with Gasteiger partial charge in [-0.25, -0.2) is 8.42 Å². The Labute approximate surface area is 191 Å². The van der Waals surface area contributed by atoms with Crippen LogP contribution in [-0.2, 0) is 21.1 Å². The lowest BCUT2D eigenvalue weighted by molar-refractivity contribution is -0.117. The highest BCUT2D eigenvalue weighted by molar-refractivity contribution is 8.16. The first kappa shape index (κ1) is 22.5. The van der Waals surface area contributed by atoms with E-state index in [1.807, 2.05) is 29.2 Å². The molecule has 0 N–H and O–H groups in total. The predicted octanol–water partition coefficient (Wildman–Crippen LogP) is 2.56. The van der Waals surface area contributed by atoms with Gasteiger partial charge in [0.2, 0.25) is 0 Å². The Hall–Kier alpha value is -2.72. The van der Waals surface area contributed by atoms with Gasteiger partial charge in [0.1, 0.15) is 5.75 Å². The van der Waals surface area contributed by atoms with Gasteiger partial charge in [-0.1, -0.05) is 23.9 Å². The van der Waals surface area contributed by atoms with Crippen LogP contribution in [0.1, 0.15) is 5.56 Å². The van der Waals surface area contributed by atoms with Crippen molar-refractivity contribution in [3.63, 3.8) is 0 Å². The summed E-state index contributed by atoms with van der Waals surface area (Å²) in [5, 5.41) is 0.340. The molecule has 2 fully saturated rings. The molecule has 2 aromatic rings. The van der Waals surface area contributed by atoms with Crippen molar-refractivity contribution >= 4 is 38.4 Å². The number of carbonyl (C=O) groups is 1. The fourth-order valence-corrected chi connectivity index (χ4v) is 7.87. The Kier molecular flexibility index (Phi) is 6.34. The fraction of sp³-hybridized carbons (Fsp3) is 0.364. The van der Waals surface area contributed by atoms with Crippen molar-refractivity contribution in [1.29, 1.82) is 0 Å². The van der Waals surface area contributed by atoms with E-state index in [2.05, 4.69) is 4.99 Å². The summed E-state index contributed by atoms with van der Waals surface area (Å²) in [6.45, 7) is 0. The number of benzene rings is 2. The number of sulfone groups is 1. The monoisotopic (exact) mass is 476 g/mol. The Morgan fingerprint density at radius 2 is 1.84 bits per heavy atom. The zero-order valence-electron chi connectivity index (χ0n) is 18.0. The second-order valence-electron chi connectivity index (χ2n) is 7.53. The number of amidine groups is 1. The van der Waals surface area contributed by atoms with Crippen molar-refractivity contribution in [2.45, 2.75) is 17.7 Å². The number of nitrogens with zero attached hydrogens (tertiary/aromatic N) is 2. The summed E-state index contributed by atoms with van der Waals surface area (Å²) >= 11 is 1.34. The van der Waals surface area contributed by atoms with Gasteiger partial charge in [-0.2, -0.15) is 4.99 Å². The molecule has 0 spiro atoms. The molecule has 2 atom stereocenters. The summed E-state index contributed by atoms with van der Waals surface area (Å²) in [6, 6.07) is 12.4. The van der Waals surface area contributed by atoms with Crippen molar-refractivity contribution in [3.05, 3.63) is 48.0 Å². The summed E-state index contributed by atoms with van der Waals surface area (Å²) in [5.41, 5.74) is 1.50.